The monoisotopic (exact) mass is 225 g/mol. The molecule has 0 aromatic heterocycles. The molecule has 0 saturated heterocycles. The average molecular weight is 225 g/mol. The van der Waals surface area contributed by atoms with Gasteiger partial charge in [-0.05, 0) is 18.1 Å². The predicted octanol–water partition coefficient (Wildman–Crippen LogP) is 3.51. The normalized spacial score (nSPS) is 11.5. The highest BCUT2D eigenvalue weighted by atomic mass is 16.5. The first-order valence-electron chi connectivity index (χ1n) is 5.75. The van der Waals surface area contributed by atoms with E-state index in [9.17, 15) is 5.21 Å². The van der Waals surface area contributed by atoms with Crippen molar-refractivity contribution in [1.82, 2.24) is 0 Å². The van der Waals surface area contributed by atoms with E-state index < -0.39 is 0 Å². The third-order valence-corrected chi connectivity index (χ3v) is 2.70. The molecule has 0 radical (unpaired) electrons. The molecule has 2 aromatic carbocycles. The van der Waals surface area contributed by atoms with Crippen molar-refractivity contribution in [2.45, 2.75) is 13.3 Å². The maximum atomic E-state index is 11.9. The van der Waals surface area contributed by atoms with Crippen LogP contribution >= 0.6 is 0 Å². The van der Waals surface area contributed by atoms with Crippen molar-refractivity contribution in [3.05, 3.63) is 70.9 Å². The number of aryl methyl sites for hydroxylation is 1. The number of rotatable bonds is 3. The Morgan fingerprint density at radius 1 is 1.00 bits per heavy atom. The molecular weight excluding hydrogens is 210 g/mol. The number of para-hydroxylation sites is 1. The molecule has 0 unspecified atom stereocenters. The summed E-state index contributed by atoms with van der Waals surface area (Å²) < 4.78 is 0.911. The van der Waals surface area contributed by atoms with Gasteiger partial charge in [0.1, 0.15) is 0 Å². The van der Waals surface area contributed by atoms with Crippen molar-refractivity contribution in [2.24, 2.45) is 0 Å². The van der Waals surface area contributed by atoms with Gasteiger partial charge in [0.2, 0.25) is 5.69 Å². The molecule has 0 heterocycles. The molecule has 0 aliphatic rings. The fourth-order valence-corrected chi connectivity index (χ4v) is 1.76. The summed E-state index contributed by atoms with van der Waals surface area (Å²) in [5.41, 5.74) is 2.82. The van der Waals surface area contributed by atoms with Gasteiger partial charge >= 0.3 is 0 Å². The molecular formula is C15H15NO. The summed E-state index contributed by atoms with van der Waals surface area (Å²) in [6, 6.07) is 17.2. The summed E-state index contributed by atoms with van der Waals surface area (Å²) in [6.07, 6.45) is 2.56. The minimum Gasteiger partial charge on any atom is -0.618 e. The van der Waals surface area contributed by atoms with E-state index in [1.54, 1.807) is 18.3 Å². The summed E-state index contributed by atoms with van der Waals surface area (Å²) in [5, 5.41) is 11.9. The molecule has 0 aliphatic heterocycles. The standard InChI is InChI=1S/C15H15NO/c1-2-13-8-6-7-9-14(13)12-16(17)15-10-4-3-5-11-15/h3-12H,2H2,1H3. The molecule has 0 spiro atoms. The molecule has 2 aromatic rings. The van der Waals surface area contributed by atoms with Gasteiger partial charge in [0.15, 0.2) is 6.21 Å². The van der Waals surface area contributed by atoms with Gasteiger partial charge in [0.25, 0.3) is 0 Å². The fraction of sp³-hybridized carbons (Fsp3) is 0.133. The Bertz CT molecular complexity index is 517. The van der Waals surface area contributed by atoms with Gasteiger partial charge in [-0.3, -0.25) is 0 Å². The van der Waals surface area contributed by atoms with E-state index >= 15 is 0 Å². The Labute approximate surface area is 101 Å². The molecule has 17 heavy (non-hydrogen) atoms. The lowest BCUT2D eigenvalue weighted by atomic mass is 10.1. The van der Waals surface area contributed by atoms with Crippen LogP contribution in [0.1, 0.15) is 18.1 Å². The molecule has 0 amide bonds. The maximum Gasteiger partial charge on any atom is 0.216 e. The largest absolute Gasteiger partial charge is 0.618 e. The Morgan fingerprint density at radius 2 is 1.65 bits per heavy atom. The number of hydrogen-bond acceptors (Lipinski definition) is 1. The Balaban J connectivity index is 2.36. The van der Waals surface area contributed by atoms with Crippen LogP contribution in [0.5, 0.6) is 0 Å². The SMILES string of the molecule is CCc1ccccc1C=[N+]([O-])c1ccccc1. The third kappa shape index (κ3) is 2.72. The summed E-state index contributed by atoms with van der Waals surface area (Å²) in [7, 11) is 0. The van der Waals surface area contributed by atoms with Crippen LogP contribution in [0.25, 0.3) is 0 Å². The molecule has 0 bridgehead atoms. The van der Waals surface area contributed by atoms with Crippen LogP contribution < -0.4 is 0 Å². The second-order valence-electron chi connectivity index (χ2n) is 3.84. The molecule has 0 atom stereocenters. The van der Waals surface area contributed by atoms with Gasteiger partial charge in [-0.25, -0.2) is 0 Å². The third-order valence-electron chi connectivity index (χ3n) is 2.70. The summed E-state index contributed by atoms with van der Waals surface area (Å²) >= 11 is 0. The molecule has 86 valence electrons. The van der Waals surface area contributed by atoms with Crippen LogP contribution in [-0.4, -0.2) is 11.0 Å². The van der Waals surface area contributed by atoms with Crippen LogP contribution in [0.2, 0.25) is 0 Å². The highest BCUT2D eigenvalue weighted by Gasteiger charge is 2.03. The number of nitrogens with zero attached hydrogens (tertiary/aromatic N) is 1. The van der Waals surface area contributed by atoms with Gasteiger partial charge in [-0.15, -0.1) is 0 Å². The molecule has 0 saturated carbocycles. The smallest absolute Gasteiger partial charge is 0.216 e. The van der Waals surface area contributed by atoms with Crippen LogP contribution in [0, 0.1) is 5.21 Å². The Hall–Kier alpha value is -2.09. The van der Waals surface area contributed by atoms with Crippen LogP contribution in [0.4, 0.5) is 5.69 Å². The topological polar surface area (TPSA) is 26.1 Å². The molecule has 0 fully saturated rings. The van der Waals surface area contributed by atoms with Crippen molar-refractivity contribution in [3.63, 3.8) is 0 Å². The van der Waals surface area contributed by atoms with Gasteiger partial charge in [-0.1, -0.05) is 43.3 Å². The van der Waals surface area contributed by atoms with E-state index in [0.717, 1.165) is 16.7 Å². The molecule has 0 aliphatic carbocycles. The van der Waals surface area contributed by atoms with Crippen molar-refractivity contribution in [3.8, 4) is 0 Å². The lowest BCUT2D eigenvalue weighted by Gasteiger charge is -2.05. The fourth-order valence-electron chi connectivity index (χ4n) is 1.76. The quantitative estimate of drug-likeness (QED) is 0.340. The summed E-state index contributed by atoms with van der Waals surface area (Å²) in [6.45, 7) is 2.09. The second kappa shape index (κ2) is 5.30. The van der Waals surface area contributed by atoms with E-state index in [4.69, 9.17) is 0 Å². The predicted molar refractivity (Wildman–Crippen MR) is 70.7 cm³/mol. The van der Waals surface area contributed by atoms with Crippen LogP contribution in [-0.2, 0) is 6.42 Å². The lowest BCUT2D eigenvalue weighted by molar-refractivity contribution is -0.354. The van der Waals surface area contributed by atoms with Gasteiger partial charge in [0, 0.05) is 17.7 Å². The first-order chi connectivity index (χ1) is 8.31. The van der Waals surface area contributed by atoms with E-state index in [1.807, 2.05) is 42.5 Å². The first-order valence-corrected chi connectivity index (χ1v) is 5.75. The van der Waals surface area contributed by atoms with E-state index in [0.29, 0.717) is 5.69 Å². The summed E-state index contributed by atoms with van der Waals surface area (Å²) in [5.74, 6) is 0. The van der Waals surface area contributed by atoms with Gasteiger partial charge in [-0.2, -0.15) is 4.74 Å². The molecule has 2 nitrogen and oxygen atoms in total. The Morgan fingerprint density at radius 3 is 2.35 bits per heavy atom. The minimum absolute atomic E-state index is 0.651. The maximum absolute atomic E-state index is 11.9. The minimum atomic E-state index is 0.651. The second-order valence-corrected chi connectivity index (χ2v) is 3.84. The highest BCUT2D eigenvalue weighted by Crippen LogP contribution is 2.11. The van der Waals surface area contributed by atoms with E-state index in [2.05, 4.69) is 6.92 Å². The highest BCUT2D eigenvalue weighted by molar-refractivity contribution is 5.78. The van der Waals surface area contributed by atoms with Crippen molar-refractivity contribution < 1.29 is 4.74 Å². The molecule has 0 N–H and O–H groups in total. The first kappa shape index (κ1) is 11.4. The zero-order chi connectivity index (χ0) is 12.1. The lowest BCUT2D eigenvalue weighted by Crippen LogP contribution is -2.01. The molecule has 2 rings (SSSR count). The van der Waals surface area contributed by atoms with Gasteiger partial charge in [0.05, 0.1) is 0 Å². The number of benzene rings is 2. The van der Waals surface area contributed by atoms with E-state index in [1.165, 1.54) is 5.56 Å². The van der Waals surface area contributed by atoms with Crippen molar-refractivity contribution in [1.29, 1.82) is 0 Å². The number of hydrogen-bond donors (Lipinski definition) is 0. The average Bonchev–Trinajstić information content (AvgIpc) is 2.40. The van der Waals surface area contributed by atoms with Crippen molar-refractivity contribution in [2.75, 3.05) is 0 Å². The van der Waals surface area contributed by atoms with Gasteiger partial charge < -0.3 is 5.21 Å². The Kier molecular flexibility index (Phi) is 3.55. The van der Waals surface area contributed by atoms with Crippen LogP contribution in [0.3, 0.4) is 0 Å². The van der Waals surface area contributed by atoms with Crippen LogP contribution in [0.15, 0.2) is 54.6 Å². The summed E-state index contributed by atoms with van der Waals surface area (Å²) in [4.78, 5) is 0. The zero-order valence-corrected chi connectivity index (χ0v) is 9.84. The molecule has 2 heteroatoms. The van der Waals surface area contributed by atoms with E-state index in [-0.39, 0.29) is 0 Å². The zero-order valence-electron chi connectivity index (χ0n) is 9.84. The van der Waals surface area contributed by atoms with Crippen molar-refractivity contribution >= 4 is 11.9 Å².